The van der Waals surface area contributed by atoms with Crippen LogP contribution in [-0.2, 0) is 7.05 Å². The van der Waals surface area contributed by atoms with Crippen LogP contribution in [0.2, 0.25) is 0 Å². The van der Waals surface area contributed by atoms with E-state index in [0.717, 1.165) is 46.5 Å². The lowest BCUT2D eigenvalue weighted by Crippen LogP contribution is -2.32. The third-order valence-electron chi connectivity index (χ3n) is 4.23. The van der Waals surface area contributed by atoms with Gasteiger partial charge in [0, 0.05) is 19.0 Å². The third kappa shape index (κ3) is 2.96. The van der Waals surface area contributed by atoms with Crippen LogP contribution >= 0.6 is 11.3 Å². The normalized spacial score (nSPS) is 22.6. The monoisotopic (exact) mass is 307 g/mol. The summed E-state index contributed by atoms with van der Waals surface area (Å²) in [6, 6.07) is 1.92. The van der Waals surface area contributed by atoms with Crippen molar-refractivity contribution in [1.82, 2.24) is 15.1 Å². The molecular formula is C15H21N3O2S. The lowest BCUT2D eigenvalue weighted by Gasteiger charge is -2.25. The lowest BCUT2D eigenvalue weighted by molar-refractivity contribution is 0.0876. The molecule has 0 spiro atoms. The Hall–Kier alpha value is -1.40. The number of aliphatic hydroxyl groups is 1. The van der Waals surface area contributed by atoms with Crippen molar-refractivity contribution in [2.45, 2.75) is 38.7 Å². The van der Waals surface area contributed by atoms with E-state index < -0.39 is 0 Å². The summed E-state index contributed by atoms with van der Waals surface area (Å²) < 4.78 is 1.82. The Morgan fingerprint density at radius 1 is 1.57 bits per heavy atom. The second-order valence-corrected chi connectivity index (χ2v) is 6.97. The maximum absolute atomic E-state index is 12.3. The highest BCUT2D eigenvalue weighted by atomic mass is 32.1. The fourth-order valence-electron chi connectivity index (χ4n) is 3.09. The highest BCUT2D eigenvalue weighted by molar-refractivity contribution is 7.20. The Kier molecular flexibility index (Phi) is 3.99. The van der Waals surface area contributed by atoms with Crippen molar-refractivity contribution in [2.75, 3.05) is 6.54 Å². The first-order valence-corrected chi connectivity index (χ1v) is 8.25. The summed E-state index contributed by atoms with van der Waals surface area (Å²) in [5.74, 6) is 0.381. The molecular weight excluding hydrogens is 286 g/mol. The summed E-state index contributed by atoms with van der Waals surface area (Å²) in [6.07, 6.45) is 3.64. The first-order valence-electron chi connectivity index (χ1n) is 7.44. The van der Waals surface area contributed by atoms with Crippen molar-refractivity contribution in [3.8, 4) is 0 Å². The van der Waals surface area contributed by atoms with Crippen LogP contribution in [0.15, 0.2) is 6.07 Å². The van der Waals surface area contributed by atoms with Crippen LogP contribution in [0.3, 0.4) is 0 Å². The molecule has 5 nitrogen and oxygen atoms in total. The van der Waals surface area contributed by atoms with Gasteiger partial charge in [0.05, 0.1) is 16.7 Å². The van der Waals surface area contributed by atoms with Crippen LogP contribution in [0.1, 0.15) is 41.0 Å². The van der Waals surface area contributed by atoms with Gasteiger partial charge in [-0.25, -0.2) is 0 Å². The van der Waals surface area contributed by atoms with Gasteiger partial charge in [-0.05, 0) is 38.2 Å². The Labute approximate surface area is 128 Å². The minimum Gasteiger partial charge on any atom is -0.393 e. The van der Waals surface area contributed by atoms with Gasteiger partial charge in [0.1, 0.15) is 4.83 Å². The van der Waals surface area contributed by atoms with Crippen LogP contribution < -0.4 is 5.32 Å². The maximum atomic E-state index is 12.3. The molecule has 114 valence electrons. The summed E-state index contributed by atoms with van der Waals surface area (Å²) in [5.41, 5.74) is 0.957. The number of aliphatic hydroxyl groups excluding tert-OH is 1. The number of fused-ring (bicyclic) bond motifs is 1. The highest BCUT2D eigenvalue weighted by Crippen LogP contribution is 2.28. The second-order valence-electron chi connectivity index (χ2n) is 5.93. The Bertz CT molecular complexity index is 627. The Balaban J connectivity index is 1.65. The zero-order chi connectivity index (χ0) is 15.0. The summed E-state index contributed by atoms with van der Waals surface area (Å²) in [6.45, 7) is 2.61. The lowest BCUT2D eigenvalue weighted by atomic mass is 9.87. The van der Waals surface area contributed by atoms with Crippen molar-refractivity contribution < 1.29 is 9.90 Å². The van der Waals surface area contributed by atoms with Gasteiger partial charge < -0.3 is 10.4 Å². The van der Waals surface area contributed by atoms with Gasteiger partial charge in [-0.2, -0.15) is 5.10 Å². The summed E-state index contributed by atoms with van der Waals surface area (Å²) in [7, 11) is 1.90. The molecule has 1 aliphatic rings. The SMILES string of the molecule is Cc1nn(C)c2sc(C(=O)NCC3CCCC(O)C3)cc12. The van der Waals surface area contributed by atoms with E-state index in [4.69, 9.17) is 0 Å². The number of aromatic nitrogens is 2. The van der Waals surface area contributed by atoms with Crippen molar-refractivity contribution >= 4 is 27.5 Å². The maximum Gasteiger partial charge on any atom is 0.261 e. The number of nitrogens with one attached hydrogen (secondary N) is 1. The minimum absolute atomic E-state index is 0.0179. The van der Waals surface area contributed by atoms with Crippen molar-refractivity contribution in [3.05, 3.63) is 16.6 Å². The van der Waals surface area contributed by atoms with Gasteiger partial charge >= 0.3 is 0 Å². The molecule has 0 saturated heterocycles. The summed E-state index contributed by atoms with van der Waals surface area (Å²) in [5, 5.41) is 18.1. The smallest absolute Gasteiger partial charge is 0.261 e. The van der Waals surface area contributed by atoms with E-state index in [2.05, 4.69) is 10.4 Å². The van der Waals surface area contributed by atoms with Crippen molar-refractivity contribution in [3.63, 3.8) is 0 Å². The molecule has 0 radical (unpaired) electrons. The van der Waals surface area contributed by atoms with Crippen molar-refractivity contribution in [1.29, 1.82) is 0 Å². The van der Waals surface area contributed by atoms with Crippen LogP contribution in [0.4, 0.5) is 0 Å². The molecule has 2 heterocycles. The minimum atomic E-state index is -0.196. The fourth-order valence-corrected chi connectivity index (χ4v) is 4.13. The van der Waals surface area contributed by atoms with Gasteiger partial charge in [-0.3, -0.25) is 9.48 Å². The number of nitrogens with zero attached hydrogens (tertiary/aromatic N) is 2. The topological polar surface area (TPSA) is 67.2 Å². The number of hydrogen-bond donors (Lipinski definition) is 2. The molecule has 2 aromatic rings. The molecule has 0 aliphatic heterocycles. The van der Waals surface area contributed by atoms with Crippen molar-refractivity contribution in [2.24, 2.45) is 13.0 Å². The summed E-state index contributed by atoms with van der Waals surface area (Å²) >= 11 is 1.48. The molecule has 2 aromatic heterocycles. The average Bonchev–Trinajstić information content (AvgIpc) is 2.99. The van der Waals surface area contributed by atoms with E-state index >= 15 is 0 Å². The molecule has 6 heteroatoms. The summed E-state index contributed by atoms with van der Waals surface area (Å²) in [4.78, 5) is 14.0. The number of carbonyl (C=O) groups is 1. The number of carbonyl (C=O) groups excluding carboxylic acids is 1. The van der Waals surface area contributed by atoms with E-state index in [0.29, 0.717) is 12.5 Å². The van der Waals surface area contributed by atoms with Gasteiger partial charge in [0.15, 0.2) is 0 Å². The zero-order valence-corrected chi connectivity index (χ0v) is 13.2. The van der Waals surface area contributed by atoms with Gasteiger partial charge in [0.2, 0.25) is 0 Å². The zero-order valence-electron chi connectivity index (χ0n) is 12.4. The van der Waals surface area contributed by atoms with Crippen LogP contribution in [0.25, 0.3) is 10.2 Å². The average molecular weight is 307 g/mol. The molecule has 2 atom stereocenters. The van der Waals surface area contributed by atoms with Gasteiger partial charge in [-0.1, -0.05) is 6.42 Å². The Morgan fingerprint density at radius 3 is 3.10 bits per heavy atom. The molecule has 0 bridgehead atoms. The number of aryl methyl sites for hydroxylation is 2. The number of amides is 1. The standard InChI is InChI=1S/C15H21N3O2S/c1-9-12-7-13(21-15(12)18(2)17-9)14(20)16-8-10-4-3-5-11(19)6-10/h7,10-11,19H,3-6,8H2,1-2H3,(H,16,20). The third-order valence-corrected chi connectivity index (χ3v) is 5.43. The van der Waals surface area contributed by atoms with Crippen LogP contribution in [0, 0.1) is 12.8 Å². The number of thiophene rings is 1. The largest absolute Gasteiger partial charge is 0.393 e. The van der Waals surface area contributed by atoms with Crippen LogP contribution in [0.5, 0.6) is 0 Å². The van der Waals surface area contributed by atoms with Gasteiger partial charge in [0.25, 0.3) is 5.91 Å². The number of rotatable bonds is 3. The Morgan fingerprint density at radius 2 is 2.38 bits per heavy atom. The van der Waals surface area contributed by atoms with E-state index in [-0.39, 0.29) is 12.0 Å². The quantitative estimate of drug-likeness (QED) is 0.913. The highest BCUT2D eigenvalue weighted by Gasteiger charge is 2.21. The molecule has 1 aliphatic carbocycles. The number of hydrogen-bond acceptors (Lipinski definition) is 4. The fraction of sp³-hybridized carbons (Fsp3) is 0.600. The van der Waals surface area contributed by atoms with Gasteiger partial charge in [-0.15, -0.1) is 11.3 Å². The molecule has 3 rings (SSSR count). The van der Waals surface area contributed by atoms with Crippen LogP contribution in [-0.4, -0.2) is 33.4 Å². The molecule has 0 aromatic carbocycles. The molecule has 1 saturated carbocycles. The first kappa shape index (κ1) is 14.5. The molecule has 21 heavy (non-hydrogen) atoms. The van der Waals surface area contributed by atoms with E-state index in [9.17, 15) is 9.90 Å². The second kappa shape index (κ2) is 5.77. The van der Waals surface area contributed by atoms with E-state index in [1.165, 1.54) is 11.3 Å². The van der Waals surface area contributed by atoms with E-state index in [1.807, 2.05) is 24.7 Å². The molecule has 2 unspecified atom stereocenters. The molecule has 1 amide bonds. The molecule has 2 N–H and O–H groups in total. The first-order chi connectivity index (χ1) is 10.0. The van der Waals surface area contributed by atoms with E-state index in [1.54, 1.807) is 0 Å². The predicted molar refractivity (Wildman–Crippen MR) is 83.6 cm³/mol. The molecule has 1 fully saturated rings. The predicted octanol–water partition coefficient (Wildman–Crippen LogP) is 2.22.